The van der Waals surface area contributed by atoms with Gasteiger partial charge in [-0.15, -0.1) is 0 Å². The number of nitrogens with two attached hydrogens (primary N) is 1. The van der Waals surface area contributed by atoms with Gasteiger partial charge >= 0.3 is 0 Å². The van der Waals surface area contributed by atoms with E-state index >= 15 is 0 Å². The molecule has 0 saturated carbocycles. The van der Waals surface area contributed by atoms with Crippen LogP contribution < -0.4 is 11.3 Å². The molecule has 1 aliphatic heterocycles. The molecule has 2 rings (SSSR count). The molecule has 2 atom stereocenters. The average Bonchev–Trinajstić information content (AvgIpc) is 2.75. The normalized spacial score (nSPS) is 22.3. The summed E-state index contributed by atoms with van der Waals surface area (Å²) in [6.07, 6.45) is 0.971. The Morgan fingerprint density at radius 1 is 1.56 bits per heavy atom. The van der Waals surface area contributed by atoms with Gasteiger partial charge in [-0.2, -0.15) is 0 Å². The first-order chi connectivity index (χ1) is 7.72. The summed E-state index contributed by atoms with van der Waals surface area (Å²) in [6, 6.07) is 4.65. The average molecular weight is 289 g/mol. The van der Waals surface area contributed by atoms with Crippen molar-refractivity contribution in [3.63, 3.8) is 0 Å². The highest BCUT2D eigenvalue weighted by molar-refractivity contribution is 9.10. The van der Waals surface area contributed by atoms with Crippen molar-refractivity contribution in [2.24, 2.45) is 11.8 Å². The Balaban J connectivity index is 2.25. The monoisotopic (exact) mass is 288 g/mol. The molecule has 1 fully saturated rings. The van der Waals surface area contributed by atoms with Gasteiger partial charge in [-0.1, -0.05) is 22.0 Å². The third-order valence-corrected chi connectivity index (χ3v) is 3.60. The van der Waals surface area contributed by atoms with E-state index in [1.54, 1.807) is 6.07 Å². The van der Waals surface area contributed by atoms with Crippen molar-refractivity contribution in [2.75, 3.05) is 13.2 Å². The number of hydrogen-bond donors (Lipinski definition) is 2. The van der Waals surface area contributed by atoms with Crippen LogP contribution in [0.5, 0.6) is 0 Å². The fraction of sp³-hybridized carbons (Fsp3) is 0.455. The molecule has 88 valence electrons. The number of ether oxygens (including phenoxy) is 1. The lowest BCUT2D eigenvalue weighted by Crippen LogP contribution is -2.34. The van der Waals surface area contributed by atoms with Gasteiger partial charge in [0, 0.05) is 17.0 Å². The van der Waals surface area contributed by atoms with E-state index in [0.717, 1.165) is 23.1 Å². The van der Waals surface area contributed by atoms with Crippen LogP contribution in [0.15, 0.2) is 22.7 Å². The van der Waals surface area contributed by atoms with Crippen molar-refractivity contribution in [1.29, 1.82) is 0 Å². The van der Waals surface area contributed by atoms with Crippen LogP contribution in [-0.2, 0) is 4.74 Å². The minimum atomic E-state index is -0.255. The zero-order valence-electron chi connectivity index (χ0n) is 8.75. The highest BCUT2D eigenvalue weighted by Gasteiger charge is 2.27. The van der Waals surface area contributed by atoms with Crippen LogP contribution in [0.1, 0.15) is 18.0 Å². The molecule has 1 aromatic rings. The van der Waals surface area contributed by atoms with Crippen LogP contribution in [0.4, 0.5) is 4.39 Å². The minimum Gasteiger partial charge on any atom is -0.381 e. The van der Waals surface area contributed by atoms with Crippen molar-refractivity contribution in [1.82, 2.24) is 5.43 Å². The summed E-state index contributed by atoms with van der Waals surface area (Å²) in [5.74, 6) is 5.66. The van der Waals surface area contributed by atoms with Gasteiger partial charge in [0.15, 0.2) is 0 Å². The molecular weight excluding hydrogens is 275 g/mol. The van der Waals surface area contributed by atoms with E-state index in [0.29, 0.717) is 12.5 Å². The van der Waals surface area contributed by atoms with E-state index in [2.05, 4.69) is 21.4 Å². The molecule has 0 amide bonds. The Labute approximate surface area is 102 Å². The Morgan fingerprint density at radius 3 is 2.94 bits per heavy atom. The quantitative estimate of drug-likeness (QED) is 0.662. The second kappa shape index (κ2) is 5.23. The Bertz CT molecular complexity index is 369. The van der Waals surface area contributed by atoms with Gasteiger partial charge in [-0.3, -0.25) is 11.3 Å². The van der Waals surface area contributed by atoms with E-state index in [1.807, 2.05) is 0 Å². The fourth-order valence-corrected chi connectivity index (χ4v) is 2.65. The number of hydrazine groups is 1. The lowest BCUT2D eigenvalue weighted by atomic mass is 9.93. The number of nitrogens with one attached hydrogen (secondary N) is 1. The predicted molar refractivity (Wildman–Crippen MR) is 63.1 cm³/mol. The third kappa shape index (κ3) is 2.43. The Hall–Kier alpha value is -0.490. The summed E-state index contributed by atoms with van der Waals surface area (Å²) in [4.78, 5) is 0. The molecule has 3 N–H and O–H groups in total. The summed E-state index contributed by atoms with van der Waals surface area (Å²) >= 11 is 3.36. The summed E-state index contributed by atoms with van der Waals surface area (Å²) in [5, 5.41) is 0. The van der Waals surface area contributed by atoms with Crippen LogP contribution >= 0.6 is 15.9 Å². The second-order valence-corrected chi connectivity index (χ2v) is 4.79. The number of benzene rings is 1. The summed E-state index contributed by atoms with van der Waals surface area (Å²) in [7, 11) is 0. The smallest absolute Gasteiger partial charge is 0.124 e. The van der Waals surface area contributed by atoms with E-state index in [1.165, 1.54) is 12.1 Å². The Morgan fingerprint density at radius 2 is 2.38 bits per heavy atom. The molecule has 2 unspecified atom stereocenters. The van der Waals surface area contributed by atoms with Gasteiger partial charge in [0.25, 0.3) is 0 Å². The first kappa shape index (κ1) is 12.0. The molecule has 0 spiro atoms. The van der Waals surface area contributed by atoms with Crippen LogP contribution in [0.3, 0.4) is 0 Å². The third-order valence-electron chi connectivity index (χ3n) is 2.91. The lowest BCUT2D eigenvalue weighted by Gasteiger charge is -2.23. The molecule has 0 aromatic heterocycles. The van der Waals surface area contributed by atoms with Crippen molar-refractivity contribution in [3.05, 3.63) is 34.1 Å². The number of hydrogen-bond acceptors (Lipinski definition) is 3. The standard InChI is InChI=1S/C11H14BrFN2O/c12-10-5-8(13)1-2-9(10)11(15-14)7-3-4-16-6-7/h1-2,5,7,11,15H,3-4,6,14H2. The van der Waals surface area contributed by atoms with E-state index in [-0.39, 0.29) is 11.9 Å². The van der Waals surface area contributed by atoms with Crippen molar-refractivity contribution in [3.8, 4) is 0 Å². The zero-order valence-corrected chi connectivity index (χ0v) is 10.3. The van der Waals surface area contributed by atoms with Gasteiger partial charge < -0.3 is 4.74 Å². The van der Waals surface area contributed by atoms with E-state index in [4.69, 9.17) is 10.6 Å². The summed E-state index contributed by atoms with van der Waals surface area (Å²) in [6.45, 7) is 1.46. The molecular formula is C11H14BrFN2O. The SMILES string of the molecule is NNC(c1ccc(F)cc1Br)C1CCOC1. The van der Waals surface area contributed by atoms with Crippen LogP contribution in [0.25, 0.3) is 0 Å². The summed E-state index contributed by atoms with van der Waals surface area (Å²) < 4.78 is 19.1. The van der Waals surface area contributed by atoms with E-state index < -0.39 is 0 Å². The summed E-state index contributed by atoms with van der Waals surface area (Å²) in [5.41, 5.74) is 3.76. The van der Waals surface area contributed by atoms with Crippen LogP contribution in [0, 0.1) is 11.7 Å². The Kier molecular flexibility index (Phi) is 3.91. The maximum atomic E-state index is 13.0. The van der Waals surface area contributed by atoms with E-state index in [9.17, 15) is 4.39 Å². The van der Waals surface area contributed by atoms with Gasteiger partial charge in [0.05, 0.1) is 12.6 Å². The van der Waals surface area contributed by atoms with Crippen molar-refractivity contribution >= 4 is 15.9 Å². The van der Waals surface area contributed by atoms with Crippen LogP contribution in [-0.4, -0.2) is 13.2 Å². The first-order valence-corrected chi connectivity index (χ1v) is 6.00. The highest BCUT2D eigenvalue weighted by atomic mass is 79.9. The maximum absolute atomic E-state index is 13.0. The lowest BCUT2D eigenvalue weighted by molar-refractivity contribution is 0.176. The highest BCUT2D eigenvalue weighted by Crippen LogP contribution is 2.32. The van der Waals surface area contributed by atoms with Crippen LogP contribution in [0.2, 0.25) is 0 Å². The second-order valence-electron chi connectivity index (χ2n) is 3.93. The molecule has 16 heavy (non-hydrogen) atoms. The van der Waals surface area contributed by atoms with Crippen molar-refractivity contribution < 1.29 is 9.13 Å². The topological polar surface area (TPSA) is 47.3 Å². The number of rotatable bonds is 3. The largest absolute Gasteiger partial charge is 0.381 e. The molecule has 0 aliphatic carbocycles. The molecule has 3 nitrogen and oxygen atoms in total. The molecule has 1 heterocycles. The maximum Gasteiger partial charge on any atom is 0.124 e. The minimum absolute atomic E-state index is 0.00234. The number of halogens is 2. The fourth-order valence-electron chi connectivity index (χ4n) is 2.05. The molecule has 1 aromatic carbocycles. The zero-order chi connectivity index (χ0) is 11.5. The van der Waals surface area contributed by atoms with Gasteiger partial charge in [0.2, 0.25) is 0 Å². The molecule has 1 aliphatic rings. The molecule has 0 radical (unpaired) electrons. The molecule has 1 saturated heterocycles. The van der Waals surface area contributed by atoms with Gasteiger partial charge in [-0.05, 0) is 24.1 Å². The van der Waals surface area contributed by atoms with Gasteiger partial charge in [-0.25, -0.2) is 4.39 Å². The first-order valence-electron chi connectivity index (χ1n) is 5.21. The predicted octanol–water partition coefficient (Wildman–Crippen LogP) is 2.13. The molecule has 0 bridgehead atoms. The molecule has 5 heteroatoms. The van der Waals surface area contributed by atoms with Crippen molar-refractivity contribution in [2.45, 2.75) is 12.5 Å². The van der Waals surface area contributed by atoms with Gasteiger partial charge in [0.1, 0.15) is 5.82 Å².